The summed E-state index contributed by atoms with van der Waals surface area (Å²) in [5.41, 5.74) is 0.876. The minimum atomic E-state index is -0.219. The van der Waals surface area contributed by atoms with Crippen LogP contribution in [0.15, 0.2) is 28.6 Å². The summed E-state index contributed by atoms with van der Waals surface area (Å²) in [6.07, 6.45) is 0.363. The second-order valence-corrected chi connectivity index (χ2v) is 6.25. The van der Waals surface area contributed by atoms with Crippen molar-refractivity contribution in [1.82, 2.24) is 10.2 Å². The molecule has 0 saturated carbocycles. The second kappa shape index (κ2) is 6.88. The van der Waals surface area contributed by atoms with Gasteiger partial charge in [-0.25, -0.2) is 0 Å². The molecule has 2 rings (SSSR count). The molecular weight excluding hydrogens is 304 g/mol. The first-order chi connectivity index (χ1) is 9.20. The smallest absolute Gasteiger partial charge is 0.306 e. The molecule has 0 aliphatic heterocycles. The largest absolute Gasteiger partial charge is 0.469 e. The zero-order valence-corrected chi connectivity index (χ0v) is 12.5. The van der Waals surface area contributed by atoms with Crippen molar-refractivity contribution in [2.24, 2.45) is 0 Å². The topological polar surface area (TPSA) is 52.1 Å². The molecule has 7 heteroatoms. The summed E-state index contributed by atoms with van der Waals surface area (Å²) in [6, 6.07) is 7.51. The van der Waals surface area contributed by atoms with Crippen molar-refractivity contribution in [3.05, 3.63) is 29.3 Å². The lowest BCUT2D eigenvalue weighted by atomic mass is 10.2. The van der Waals surface area contributed by atoms with Crippen molar-refractivity contribution >= 4 is 40.7 Å². The molecule has 0 unspecified atom stereocenters. The molecule has 100 valence electrons. The Morgan fingerprint density at radius 1 is 1.42 bits per heavy atom. The number of aromatic nitrogens is 2. The Morgan fingerprint density at radius 2 is 2.21 bits per heavy atom. The van der Waals surface area contributed by atoms with Gasteiger partial charge in [0.2, 0.25) is 0 Å². The van der Waals surface area contributed by atoms with Gasteiger partial charge in [0.1, 0.15) is 5.01 Å². The number of methoxy groups -OCH3 is 1. The molecule has 1 heterocycles. The number of carbonyl (C=O) groups is 1. The Bertz CT molecular complexity index is 574. The number of rotatable bonds is 5. The average molecular weight is 315 g/mol. The average Bonchev–Trinajstić information content (AvgIpc) is 2.87. The fourth-order valence-corrected chi connectivity index (χ4v) is 3.50. The third-order valence-corrected chi connectivity index (χ3v) is 4.69. The standard InChI is InChI=1S/C12H11ClN2O2S2/c1-17-10(16)6-7-18-12-15-14-11(19-12)8-4-2-3-5-9(8)13/h2-5H,6-7H2,1H3. The van der Waals surface area contributed by atoms with Gasteiger partial charge in [-0.2, -0.15) is 0 Å². The van der Waals surface area contributed by atoms with E-state index < -0.39 is 0 Å². The van der Waals surface area contributed by atoms with Gasteiger partial charge in [-0.3, -0.25) is 4.79 Å². The summed E-state index contributed by atoms with van der Waals surface area (Å²) in [5, 5.41) is 9.63. The lowest BCUT2D eigenvalue weighted by Gasteiger charge is -1.97. The van der Waals surface area contributed by atoms with Crippen LogP contribution in [0.25, 0.3) is 10.6 Å². The third-order valence-electron chi connectivity index (χ3n) is 2.27. The Morgan fingerprint density at radius 3 is 2.95 bits per heavy atom. The second-order valence-electron chi connectivity index (χ2n) is 3.53. The lowest BCUT2D eigenvalue weighted by molar-refractivity contribution is -0.140. The molecule has 19 heavy (non-hydrogen) atoms. The van der Waals surface area contributed by atoms with Crippen LogP contribution in [0, 0.1) is 0 Å². The van der Waals surface area contributed by atoms with Gasteiger partial charge in [0.15, 0.2) is 4.34 Å². The van der Waals surface area contributed by atoms with Crippen molar-refractivity contribution in [3.63, 3.8) is 0 Å². The van der Waals surface area contributed by atoms with Gasteiger partial charge in [0, 0.05) is 11.3 Å². The highest BCUT2D eigenvalue weighted by atomic mass is 35.5. The Balaban J connectivity index is 2.00. The van der Waals surface area contributed by atoms with E-state index >= 15 is 0 Å². The van der Waals surface area contributed by atoms with Crippen molar-refractivity contribution in [2.75, 3.05) is 12.9 Å². The number of hydrogen-bond donors (Lipinski definition) is 0. The molecule has 0 atom stereocenters. The molecule has 0 bridgehead atoms. The molecule has 0 radical (unpaired) electrons. The number of ether oxygens (including phenoxy) is 1. The van der Waals surface area contributed by atoms with Crippen LogP contribution in [-0.2, 0) is 9.53 Å². The van der Waals surface area contributed by atoms with Crippen LogP contribution in [0.3, 0.4) is 0 Å². The number of esters is 1. The minimum Gasteiger partial charge on any atom is -0.469 e. The highest BCUT2D eigenvalue weighted by Crippen LogP contribution is 2.33. The van der Waals surface area contributed by atoms with E-state index in [1.54, 1.807) is 0 Å². The molecule has 1 aromatic heterocycles. The molecule has 0 aliphatic carbocycles. The van der Waals surface area contributed by atoms with Gasteiger partial charge in [-0.05, 0) is 6.07 Å². The Hall–Kier alpha value is -1.11. The SMILES string of the molecule is COC(=O)CCSc1nnc(-c2ccccc2Cl)s1. The van der Waals surface area contributed by atoms with E-state index in [2.05, 4.69) is 14.9 Å². The molecule has 0 fully saturated rings. The number of thioether (sulfide) groups is 1. The van der Waals surface area contributed by atoms with E-state index in [1.807, 2.05) is 24.3 Å². The van der Waals surface area contributed by atoms with Crippen LogP contribution < -0.4 is 0 Å². The van der Waals surface area contributed by atoms with Crippen LogP contribution in [-0.4, -0.2) is 29.0 Å². The Labute approximate surface area is 124 Å². The summed E-state index contributed by atoms with van der Waals surface area (Å²) >= 11 is 9.05. The molecule has 0 aliphatic rings. The van der Waals surface area contributed by atoms with Crippen molar-refractivity contribution in [2.45, 2.75) is 10.8 Å². The minimum absolute atomic E-state index is 0.219. The third kappa shape index (κ3) is 3.92. The summed E-state index contributed by atoms with van der Waals surface area (Å²) in [4.78, 5) is 11.0. The van der Waals surface area contributed by atoms with Gasteiger partial charge in [0.25, 0.3) is 0 Å². The maximum Gasteiger partial charge on any atom is 0.306 e. The van der Waals surface area contributed by atoms with Crippen LogP contribution >= 0.6 is 34.7 Å². The van der Waals surface area contributed by atoms with Gasteiger partial charge in [-0.15, -0.1) is 10.2 Å². The zero-order chi connectivity index (χ0) is 13.7. The van der Waals surface area contributed by atoms with E-state index in [0.29, 0.717) is 17.2 Å². The molecule has 0 saturated heterocycles. The van der Waals surface area contributed by atoms with Crippen molar-refractivity contribution in [1.29, 1.82) is 0 Å². The van der Waals surface area contributed by atoms with E-state index in [0.717, 1.165) is 14.9 Å². The van der Waals surface area contributed by atoms with Crippen molar-refractivity contribution in [3.8, 4) is 10.6 Å². The molecule has 4 nitrogen and oxygen atoms in total. The van der Waals surface area contributed by atoms with Gasteiger partial charge < -0.3 is 4.74 Å². The van der Waals surface area contributed by atoms with Crippen LogP contribution in [0.1, 0.15) is 6.42 Å². The highest BCUT2D eigenvalue weighted by Gasteiger charge is 2.10. The predicted molar refractivity (Wildman–Crippen MR) is 77.7 cm³/mol. The molecule has 0 N–H and O–H groups in total. The normalized spacial score (nSPS) is 10.4. The van der Waals surface area contributed by atoms with E-state index in [-0.39, 0.29) is 5.97 Å². The Kier molecular flexibility index (Phi) is 5.18. The zero-order valence-electron chi connectivity index (χ0n) is 10.1. The molecule has 0 spiro atoms. The van der Waals surface area contributed by atoms with Crippen LogP contribution in [0.4, 0.5) is 0 Å². The van der Waals surface area contributed by atoms with Gasteiger partial charge in [0.05, 0.1) is 18.6 Å². The number of hydrogen-bond acceptors (Lipinski definition) is 6. The van der Waals surface area contributed by atoms with Gasteiger partial charge in [-0.1, -0.05) is 52.9 Å². The maximum atomic E-state index is 11.0. The number of carbonyl (C=O) groups excluding carboxylic acids is 1. The quantitative estimate of drug-likeness (QED) is 0.624. The summed E-state index contributed by atoms with van der Waals surface area (Å²) in [5.74, 6) is 0.410. The summed E-state index contributed by atoms with van der Waals surface area (Å²) < 4.78 is 5.39. The monoisotopic (exact) mass is 314 g/mol. The first kappa shape index (κ1) is 14.3. The summed E-state index contributed by atoms with van der Waals surface area (Å²) in [7, 11) is 1.38. The fraction of sp³-hybridized carbons (Fsp3) is 0.250. The van der Waals surface area contributed by atoms with Crippen LogP contribution in [0.2, 0.25) is 5.02 Å². The van der Waals surface area contributed by atoms with E-state index in [4.69, 9.17) is 11.6 Å². The molecular formula is C12H11ClN2O2S2. The van der Waals surface area contributed by atoms with Crippen LogP contribution in [0.5, 0.6) is 0 Å². The predicted octanol–water partition coefficient (Wildman–Crippen LogP) is 3.51. The lowest BCUT2D eigenvalue weighted by Crippen LogP contribution is -2.00. The first-order valence-electron chi connectivity index (χ1n) is 5.48. The number of halogens is 1. The number of nitrogens with zero attached hydrogens (tertiary/aromatic N) is 2. The van der Waals surface area contributed by atoms with Gasteiger partial charge >= 0.3 is 5.97 Å². The molecule has 1 aromatic carbocycles. The summed E-state index contributed by atoms with van der Waals surface area (Å²) in [6.45, 7) is 0. The van der Waals surface area contributed by atoms with Crippen molar-refractivity contribution < 1.29 is 9.53 Å². The fourth-order valence-electron chi connectivity index (χ4n) is 1.34. The highest BCUT2D eigenvalue weighted by molar-refractivity contribution is 8.01. The molecule has 2 aromatic rings. The molecule has 0 amide bonds. The maximum absolute atomic E-state index is 11.0. The van der Waals surface area contributed by atoms with E-state index in [9.17, 15) is 4.79 Å². The van der Waals surface area contributed by atoms with E-state index in [1.165, 1.54) is 30.2 Å². The number of benzene rings is 1. The first-order valence-corrected chi connectivity index (χ1v) is 7.66.